The van der Waals surface area contributed by atoms with E-state index < -0.39 is 0 Å². The van der Waals surface area contributed by atoms with Crippen LogP contribution in [0, 0.1) is 0 Å². The fourth-order valence-corrected chi connectivity index (χ4v) is 2.12. The van der Waals surface area contributed by atoms with Crippen LogP contribution in [-0.4, -0.2) is 27.9 Å². The van der Waals surface area contributed by atoms with Gasteiger partial charge in [0.25, 0.3) is 0 Å². The molecule has 0 bridgehead atoms. The standard InChI is InChI=1S/C15H25NO3/c1-6-8-16-12(7-2)11-9-13(17-3)15(19-5)14(10-11)18-4/h9-10,12,16H,6-8H2,1-5H3. The van der Waals surface area contributed by atoms with Gasteiger partial charge in [-0.15, -0.1) is 0 Å². The highest BCUT2D eigenvalue weighted by molar-refractivity contribution is 5.54. The Balaban J connectivity index is 3.12. The van der Waals surface area contributed by atoms with Crippen LogP contribution in [0.2, 0.25) is 0 Å². The lowest BCUT2D eigenvalue weighted by Crippen LogP contribution is -2.21. The van der Waals surface area contributed by atoms with Crippen molar-refractivity contribution in [1.82, 2.24) is 5.32 Å². The van der Waals surface area contributed by atoms with Crippen molar-refractivity contribution < 1.29 is 14.2 Å². The van der Waals surface area contributed by atoms with E-state index in [0.717, 1.165) is 24.9 Å². The van der Waals surface area contributed by atoms with E-state index in [1.54, 1.807) is 21.3 Å². The Morgan fingerprint density at radius 2 is 1.58 bits per heavy atom. The zero-order valence-electron chi connectivity index (χ0n) is 12.6. The smallest absolute Gasteiger partial charge is 0.203 e. The van der Waals surface area contributed by atoms with Gasteiger partial charge in [-0.1, -0.05) is 13.8 Å². The summed E-state index contributed by atoms with van der Waals surface area (Å²) in [5.41, 5.74) is 1.16. The normalized spacial score (nSPS) is 12.1. The average molecular weight is 267 g/mol. The Morgan fingerprint density at radius 1 is 1.00 bits per heavy atom. The van der Waals surface area contributed by atoms with E-state index in [4.69, 9.17) is 14.2 Å². The van der Waals surface area contributed by atoms with Crippen molar-refractivity contribution in [2.75, 3.05) is 27.9 Å². The zero-order valence-corrected chi connectivity index (χ0v) is 12.6. The number of methoxy groups -OCH3 is 3. The molecule has 0 heterocycles. The summed E-state index contributed by atoms with van der Waals surface area (Å²) in [4.78, 5) is 0. The maximum atomic E-state index is 5.39. The highest BCUT2D eigenvalue weighted by Crippen LogP contribution is 2.40. The van der Waals surface area contributed by atoms with Crippen molar-refractivity contribution in [3.8, 4) is 17.2 Å². The predicted octanol–water partition coefficient (Wildman–Crippen LogP) is 3.16. The molecule has 1 aromatic carbocycles. The van der Waals surface area contributed by atoms with E-state index in [2.05, 4.69) is 19.2 Å². The van der Waals surface area contributed by atoms with Crippen molar-refractivity contribution >= 4 is 0 Å². The van der Waals surface area contributed by atoms with Crippen LogP contribution in [0.3, 0.4) is 0 Å². The van der Waals surface area contributed by atoms with Crippen molar-refractivity contribution in [2.24, 2.45) is 0 Å². The molecule has 0 radical (unpaired) electrons. The van der Waals surface area contributed by atoms with Crippen LogP contribution in [0.25, 0.3) is 0 Å². The van der Waals surface area contributed by atoms with Crippen LogP contribution in [0.5, 0.6) is 17.2 Å². The third-order valence-electron chi connectivity index (χ3n) is 3.14. The fraction of sp³-hybridized carbons (Fsp3) is 0.600. The average Bonchev–Trinajstić information content (AvgIpc) is 2.46. The number of hydrogen-bond donors (Lipinski definition) is 1. The minimum Gasteiger partial charge on any atom is -0.493 e. The zero-order chi connectivity index (χ0) is 14.3. The summed E-state index contributed by atoms with van der Waals surface area (Å²) in [6.07, 6.45) is 2.12. The first kappa shape index (κ1) is 15.6. The third-order valence-corrected chi connectivity index (χ3v) is 3.14. The van der Waals surface area contributed by atoms with Crippen LogP contribution in [0.1, 0.15) is 38.3 Å². The third kappa shape index (κ3) is 3.77. The van der Waals surface area contributed by atoms with Gasteiger partial charge in [-0.05, 0) is 37.1 Å². The van der Waals surface area contributed by atoms with E-state index in [1.165, 1.54) is 0 Å². The molecule has 0 saturated heterocycles. The topological polar surface area (TPSA) is 39.7 Å². The van der Waals surface area contributed by atoms with Gasteiger partial charge in [-0.2, -0.15) is 0 Å². The lowest BCUT2D eigenvalue weighted by atomic mass is 10.0. The van der Waals surface area contributed by atoms with Crippen LogP contribution >= 0.6 is 0 Å². The van der Waals surface area contributed by atoms with Gasteiger partial charge < -0.3 is 19.5 Å². The van der Waals surface area contributed by atoms with E-state index in [-0.39, 0.29) is 0 Å². The van der Waals surface area contributed by atoms with E-state index >= 15 is 0 Å². The molecule has 0 saturated carbocycles. The van der Waals surface area contributed by atoms with Gasteiger partial charge in [0.15, 0.2) is 11.5 Å². The SMILES string of the molecule is CCCNC(CC)c1cc(OC)c(OC)c(OC)c1. The minimum atomic E-state index is 0.300. The largest absolute Gasteiger partial charge is 0.493 e. The maximum absolute atomic E-state index is 5.39. The van der Waals surface area contributed by atoms with Gasteiger partial charge in [0.2, 0.25) is 5.75 Å². The Morgan fingerprint density at radius 3 is 1.95 bits per heavy atom. The Hall–Kier alpha value is -1.42. The second-order valence-corrected chi connectivity index (χ2v) is 4.37. The van der Waals surface area contributed by atoms with Gasteiger partial charge in [0.05, 0.1) is 21.3 Å². The molecule has 0 aliphatic heterocycles. The molecule has 1 N–H and O–H groups in total. The number of nitrogens with one attached hydrogen (secondary N) is 1. The van der Waals surface area contributed by atoms with E-state index in [9.17, 15) is 0 Å². The molecule has 1 aromatic rings. The van der Waals surface area contributed by atoms with Crippen molar-refractivity contribution in [3.05, 3.63) is 17.7 Å². The Bertz CT molecular complexity index is 368. The molecule has 19 heavy (non-hydrogen) atoms. The summed E-state index contributed by atoms with van der Waals surface area (Å²) in [7, 11) is 4.90. The van der Waals surface area contributed by atoms with Gasteiger partial charge in [0.1, 0.15) is 0 Å². The number of benzene rings is 1. The fourth-order valence-electron chi connectivity index (χ4n) is 2.12. The Labute approximate surface area is 116 Å². The molecule has 0 aromatic heterocycles. The first-order valence-corrected chi connectivity index (χ1v) is 6.75. The van der Waals surface area contributed by atoms with Gasteiger partial charge in [0, 0.05) is 6.04 Å². The predicted molar refractivity (Wildman–Crippen MR) is 77.4 cm³/mol. The summed E-state index contributed by atoms with van der Waals surface area (Å²) in [6.45, 7) is 5.32. The van der Waals surface area contributed by atoms with Gasteiger partial charge in [-0.25, -0.2) is 0 Å². The molecule has 4 heteroatoms. The molecule has 1 rings (SSSR count). The second kappa shape index (κ2) is 7.89. The molecular weight excluding hydrogens is 242 g/mol. The monoisotopic (exact) mass is 267 g/mol. The van der Waals surface area contributed by atoms with Crippen LogP contribution < -0.4 is 19.5 Å². The first-order valence-electron chi connectivity index (χ1n) is 6.75. The molecule has 0 fully saturated rings. The summed E-state index contributed by atoms with van der Waals surface area (Å²) < 4.78 is 16.1. The molecule has 0 aliphatic carbocycles. The molecular formula is C15H25NO3. The van der Waals surface area contributed by atoms with E-state index in [1.807, 2.05) is 12.1 Å². The molecule has 1 unspecified atom stereocenters. The van der Waals surface area contributed by atoms with Crippen molar-refractivity contribution in [3.63, 3.8) is 0 Å². The molecule has 1 atom stereocenters. The van der Waals surface area contributed by atoms with E-state index in [0.29, 0.717) is 23.3 Å². The molecule has 0 aliphatic rings. The summed E-state index contributed by atoms with van der Waals surface area (Å²) in [6, 6.07) is 4.32. The van der Waals surface area contributed by atoms with Crippen LogP contribution in [0.15, 0.2) is 12.1 Å². The number of hydrogen-bond acceptors (Lipinski definition) is 4. The lowest BCUT2D eigenvalue weighted by molar-refractivity contribution is 0.322. The second-order valence-electron chi connectivity index (χ2n) is 4.37. The first-order chi connectivity index (χ1) is 9.21. The summed E-state index contributed by atoms with van der Waals surface area (Å²) >= 11 is 0. The van der Waals surface area contributed by atoms with Crippen LogP contribution in [0.4, 0.5) is 0 Å². The lowest BCUT2D eigenvalue weighted by Gasteiger charge is -2.20. The number of ether oxygens (including phenoxy) is 3. The van der Waals surface area contributed by atoms with Crippen LogP contribution in [-0.2, 0) is 0 Å². The Kier molecular flexibility index (Phi) is 6.50. The highest BCUT2D eigenvalue weighted by Gasteiger charge is 2.17. The van der Waals surface area contributed by atoms with Crippen molar-refractivity contribution in [1.29, 1.82) is 0 Å². The summed E-state index contributed by atoms with van der Waals surface area (Å²) in [5, 5.41) is 3.52. The van der Waals surface area contributed by atoms with Gasteiger partial charge >= 0.3 is 0 Å². The summed E-state index contributed by atoms with van der Waals surface area (Å²) in [5.74, 6) is 2.04. The van der Waals surface area contributed by atoms with Gasteiger partial charge in [-0.3, -0.25) is 0 Å². The molecule has 0 spiro atoms. The quantitative estimate of drug-likeness (QED) is 0.785. The number of rotatable bonds is 8. The molecule has 4 nitrogen and oxygen atoms in total. The minimum absolute atomic E-state index is 0.300. The molecule has 0 amide bonds. The highest BCUT2D eigenvalue weighted by atomic mass is 16.5. The maximum Gasteiger partial charge on any atom is 0.203 e. The molecule has 108 valence electrons. The van der Waals surface area contributed by atoms with Crippen molar-refractivity contribution in [2.45, 2.75) is 32.7 Å².